The highest BCUT2D eigenvalue weighted by atomic mass is 79.9. The number of ketones is 1. The first-order valence-electron chi connectivity index (χ1n) is 4.66. The fourth-order valence-corrected chi connectivity index (χ4v) is 1.57. The van der Waals surface area contributed by atoms with Gasteiger partial charge in [0, 0.05) is 12.3 Å². The molecule has 0 amide bonds. The fourth-order valence-electron chi connectivity index (χ4n) is 1.29. The molecule has 0 fully saturated rings. The van der Waals surface area contributed by atoms with Crippen LogP contribution in [-0.4, -0.2) is 25.6 Å². The summed E-state index contributed by atoms with van der Waals surface area (Å²) in [7, 11) is 0. The number of alkyl halides is 1. The highest BCUT2D eigenvalue weighted by molar-refractivity contribution is 9.09. The smallest absolute Gasteiger partial charge is 0.193 e. The van der Waals surface area contributed by atoms with Gasteiger partial charge in [0.15, 0.2) is 17.4 Å². The van der Waals surface area contributed by atoms with E-state index in [9.17, 15) is 9.18 Å². The molecule has 5 nitrogen and oxygen atoms in total. The van der Waals surface area contributed by atoms with Crippen LogP contribution in [0, 0.1) is 5.82 Å². The van der Waals surface area contributed by atoms with Crippen LogP contribution in [0.3, 0.4) is 0 Å². The van der Waals surface area contributed by atoms with E-state index in [0.717, 1.165) is 6.07 Å². The second-order valence-electron chi connectivity index (χ2n) is 3.30. The van der Waals surface area contributed by atoms with Gasteiger partial charge in [0.05, 0.1) is 17.2 Å². The van der Waals surface area contributed by atoms with Crippen LogP contribution < -0.4 is 5.73 Å². The standard InChI is InChI=1S/C10H8BrFN4O/c11-2-9(17)8-4-16(5-15-8)10-7(12)1-6(13)3-14-10/h1,3-5H,2,13H2. The van der Waals surface area contributed by atoms with Crippen LogP contribution in [0.15, 0.2) is 24.8 Å². The Labute approximate surface area is 105 Å². The van der Waals surface area contributed by atoms with Crippen molar-refractivity contribution in [2.24, 2.45) is 0 Å². The number of nitrogens with two attached hydrogens (primary N) is 1. The van der Waals surface area contributed by atoms with Crippen molar-refractivity contribution in [1.29, 1.82) is 0 Å². The molecule has 0 aliphatic rings. The van der Waals surface area contributed by atoms with Crippen molar-refractivity contribution >= 4 is 27.4 Å². The summed E-state index contributed by atoms with van der Waals surface area (Å²) in [6.07, 6.45) is 4.09. The van der Waals surface area contributed by atoms with Gasteiger partial charge in [0.1, 0.15) is 12.0 Å². The van der Waals surface area contributed by atoms with Crippen molar-refractivity contribution in [2.75, 3.05) is 11.1 Å². The lowest BCUT2D eigenvalue weighted by Gasteiger charge is -2.02. The van der Waals surface area contributed by atoms with Gasteiger partial charge in [-0.05, 0) is 0 Å². The number of hydrogen-bond donors (Lipinski definition) is 1. The molecular formula is C10H8BrFN4O. The largest absolute Gasteiger partial charge is 0.397 e. The van der Waals surface area contributed by atoms with Gasteiger partial charge in [0.25, 0.3) is 0 Å². The van der Waals surface area contributed by atoms with E-state index in [1.807, 2.05) is 0 Å². The summed E-state index contributed by atoms with van der Waals surface area (Å²) in [6.45, 7) is 0. The Morgan fingerprint density at radius 1 is 1.53 bits per heavy atom. The van der Waals surface area contributed by atoms with Gasteiger partial charge in [-0.15, -0.1) is 0 Å². The molecule has 7 heteroatoms. The first-order valence-corrected chi connectivity index (χ1v) is 5.78. The van der Waals surface area contributed by atoms with E-state index in [1.165, 1.54) is 23.3 Å². The van der Waals surface area contributed by atoms with Crippen molar-refractivity contribution in [3.63, 3.8) is 0 Å². The van der Waals surface area contributed by atoms with Crippen molar-refractivity contribution in [1.82, 2.24) is 14.5 Å². The van der Waals surface area contributed by atoms with E-state index in [-0.39, 0.29) is 28.3 Å². The molecule has 0 unspecified atom stereocenters. The molecule has 0 atom stereocenters. The molecular weight excluding hydrogens is 291 g/mol. The maximum Gasteiger partial charge on any atom is 0.193 e. The van der Waals surface area contributed by atoms with Crippen molar-refractivity contribution in [2.45, 2.75) is 0 Å². The maximum atomic E-state index is 13.5. The highest BCUT2D eigenvalue weighted by Crippen LogP contribution is 2.13. The number of Topliss-reactive ketones (excluding diaryl/α,β-unsaturated/α-hetero) is 1. The molecule has 0 aliphatic carbocycles. The summed E-state index contributed by atoms with van der Waals surface area (Å²) in [5, 5.41) is 0.168. The zero-order valence-electron chi connectivity index (χ0n) is 8.60. The summed E-state index contributed by atoms with van der Waals surface area (Å²) in [5.74, 6) is -0.694. The number of hydrogen-bond acceptors (Lipinski definition) is 4. The summed E-state index contributed by atoms with van der Waals surface area (Å²) in [6, 6.07) is 1.16. The van der Waals surface area contributed by atoms with Crippen LogP contribution in [0.4, 0.5) is 10.1 Å². The summed E-state index contributed by atoms with van der Waals surface area (Å²) in [5.41, 5.74) is 5.88. The van der Waals surface area contributed by atoms with Crippen LogP contribution in [0.25, 0.3) is 5.82 Å². The van der Waals surface area contributed by atoms with E-state index < -0.39 is 5.82 Å². The number of rotatable bonds is 3. The Morgan fingerprint density at radius 3 is 2.94 bits per heavy atom. The normalized spacial score (nSPS) is 10.5. The molecule has 0 saturated carbocycles. The molecule has 0 radical (unpaired) electrons. The molecule has 0 aliphatic heterocycles. The number of nitrogen functional groups attached to an aromatic ring is 1. The highest BCUT2D eigenvalue weighted by Gasteiger charge is 2.11. The molecule has 0 bridgehead atoms. The summed E-state index contributed by atoms with van der Waals surface area (Å²) >= 11 is 3.04. The number of anilines is 1. The Kier molecular flexibility index (Phi) is 3.19. The molecule has 17 heavy (non-hydrogen) atoms. The lowest BCUT2D eigenvalue weighted by Crippen LogP contribution is -2.02. The number of halogens is 2. The minimum atomic E-state index is -0.569. The van der Waals surface area contributed by atoms with Gasteiger partial charge in [-0.1, -0.05) is 15.9 Å². The third kappa shape index (κ3) is 2.33. The second kappa shape index (κ2) is 4.62. The van der Waals surface area contributed by atoms with Gasteiger partial charge in [0.2, 0.25) is 0 Å². The lowest BCUT2D eigenvalue weighted by molar-refractivity contribution is 0.101. The maximum absolute atomic E-state index is 13.5. The predicted molar refractivity (Wildman–Crippen MR) is 63.9 cm³/mol. The molecule has 0 aromatic carbocycles. The van der Waals surface area contributed by atoms with Crippen molar-refractivity contribution < 1.29 is 9.18 Å². The lowest BCUT2D eigenvalue weighted by atomic mass is 10.3. The minimum absolute atomic E-state index is 0.0559. The van der Waals surface area contributed by atoms with E-state index in [4.69, 9.17) is 5.73 Å². The molecule has 0 spiro atoms. The Morgan fingerprint density at radius 2 is 2.29 bits per heavy atom. The Hall–Kier alpha value is -1.76. The molecule has 2 N–H and O–H groups in total. The van der Waals surface area contributed by atoms with Gasteiger partial charge in [-0.3, -0.25) is 9.36 Å². The number of imidazole rings is 1. The first-order chi connectivity index (χ1) is 8.11. The zero-order chi connectivity index (χ0) is 12.4. The number of nitrogens with zero attached hydrogens (tertiary/aromatic N) is 3. The monoisotopic (exact) mass is 298 g/mol. The third-order valence-corrected chi connectivity index (χ3v) is 2.59. The molecule has 2 aromatic rings. The summed E-state index contributed by atoms with van der Waals surface area (Å²) in [4.78, 5) is 19.1. The second-order valence-corrected chi connectivity index (χ2v) is 3.86. The fraction of sp³-hybridized carbons (Fsp3) is 0.100. The average Bonchev–Trinajstić information content (AvgIpc) is 2.77. The van der Waals surface area contributed by atoms with E-state index in [0.29, 0.717) is 0 Å². The van der Waals surface area contributed by atoms with Crippen LogP contribution in [0.5, 0.6) is 0 Å². The summed E-state index contributed by atoms with van der Waals surface area (Å²) < 4.78 is 14.9. The van der Waals surface area contributed by atoms with Crippen molar-refractivity contribution in [3.05, 3.63) is 36.3 Å². The Balaban J connectivity index is 2.40. The van der Waals surface area contributed by atoms with Crippen LogP contribution in [0.2, 0.25) is 0 Å². The van der Waals surface area contributed by atoms with Gasteiger partial charge < -0.3 is 5.73 Å². The van der Waals surface area contributed by atoms with Gasteiger partial charge >= 0.3 is 0 Å². The number of aromatic nitrogens is 3. The zero-order valence-corrected chi connectivity index (χ0v) is 10.2. The van der Waals surface area contributed by atoms with Crippen LogP contribution in [-0.2, 0) is 0 Å². The van der Waals surface area contributed by atoms with Crippen LogP contribution in [0.1, 0.15) is 10.5 Å². The molecule has 2 aromatic heterocycles. The molecule has 2 rings (SSSR count). The minimum Gasteiger partial charge on any atom is -0.397 e. The van der Waals surface area contributed by atoms with E-state index in [2.05, 4.69) is 25.9 Å². The predicted octanol–water partition coefficient (Wildman–Crippen LogP) is 1.57. The van der Waals surface area contributed by atoms with Crippen LogP contribution >= 0.6 is 15.9 Å². The number of carbonyl (C=O) groups is 1. The number of carbonyl (C=O) groups excluding carboxylic acids is 1. The topological polar surface area (TPSA) is 73.8 Å². The average molecular weight is 299 g/mol. The molecule has 2 heterocycles. The quantitative estimate of drug-likeness (QED) is 0.689. The van der Waals surface area contributed by atoms with Gasteiger partial charge in [-0.2, -0.15) is 0 Å². The molecule has 88 valence electrons. The Bertz CT molecular complexity index is 569. The van der Waals surface area contributed by atoms with E-state index >= 15 is 0 Å². The SMILES string of the molecule is Nc1cnc(-n2cnc(C(=O)CBr)c2)c(F)c1. The van der Waals surface area contributed by atoms with E-state index in [1.54, 1.807) is 0 Å². The van der Waals surface area contributed by atoms with Crippen molar-refractivity contribution in [3.8, 4) is 5.82 Å². The first kappa shape index (κ1) is 11.7. The van der Waals surface area contributed by atoms with Gasteiger partial charge in [-0.25, -0.2) is 14.4 Å². The molecule has 0 saturated heterocycles. The third-order valence-electron chi connectivity index (χ3n) is 2.08. The number of pyridine rings is 1.